The van der Waals surface area contributed by atoms with Gasteiger partial charge in [-0.05, 0) is 43.9 Å². The van der Waals surface area contributed by atoms with Gasteiger partial charge >= 0.3 is 0 Å². The largest absolute Gasteiger partial charge is 0.494 e. The molecule has 1 aliphatic heterocycles. The second kappa shape index (κ2) is 8.32. The van der Waals surface area contributed by atoms with Crippen LogP contribution >= 0.6 is 11.8 Å². The van der Waals surface area contributed by atoms with E-state index < -0.39 is 0 Å². The number of rotatable bonds is 4. The lowest BCUT2D eigenvalue weighted by Gasteiger charge is -2.19. The van der Waals surface area contributed by atoms with E-state index in [4.69, 9.17) is 4.74 Å². The average molecular weight is 307 g/mol. The van der Waals surface area contributed by atoms with E-state index in [1.807, 2.05) is 17.9 Å². The second-order valence-electron chi connectivity index (χ2n) is 5.49. The molecule has 1 heterocycles. The van der Waals surface area contributed by atoms with E-state index in [0.29, 0.717) is 6.61 Å². The Hall–Kier alpha value is -1.16. The molecule has 0 atom stereocenters. The number of hydrogen-bond acceptors (Lipinski definition) is 3. The minimum absolute atomic E-state index is 0.225. The zero-order valence-corrected chi connectivity index (χ0v) is 13.9. The van der Waals surface area contributed by atoms with E-state index >= 15 is 0 Å². The normalized spacial score (nSPS) is 15.6. The number of benzene rings is 1. The van der Waals surface area contributed by atoms with E-state index in [9.17, 15) is 4.79 Å². The number of hydrogen-bond donors (Lipinski definition) is 0. The molecule has 4 heteroatoms. The lowest BCUT2D eigenvalue weighted by atomic mass is 10.1. The summed E-state index contributed by atoms with van der Waals surface area (Å²) >= 11 is 1.42. The maximum atomic E-state index is 12.2. The number of carbonyl (C=O) groups excluding carboxylic acids is 1. The van der Waals surface area contributed by atoms with Gasteiger partial charge in [-0.3, -0.25) is 4.79 Å². The van der Waals surface area contributed by atoms with Gasteiger partial charge in [-0.1, -0.05) is 36.7 Å². The lowest BCUT2D eigenvalue weighted by Crippen LogP contribution is -2.28. The van der Waals surface area contributed by atoms with Crippen LogP contribution in [0.3, 0.4) is 0 Å². The van der Waals surface area contributed by atoms with Crippen LogP contribution in [0.2, 0.25) is 0 Å². The number of thioether (sulfide) groups is 1. The van der Waals surface area contributed by atoms with E-state index in [2.05, 4.69) is 19.1 Å². The average Bonchev–Trinajstić information content (AvgIpc) is 2.76. The van der Waals surface area contributed by atoms with Gasteiger partial charge in [0.15, 0.2) is 0 Å². The maximum absolute atomic E-state index is 12.2. The zero-order chi connectivity index (χ0) is 15.1. The summed E-state index contributed by atoms with van der Waals surface area (Å²) in [6.45, 7) is 6.57. The van der Waals surface area contributed by atoms with Gasteiger partial charge in [0, 0.05) is 18.8 Å². The number of carbonyl (C=O) groups is 1. The van der Waals surface area contributed by atoms with E-state index in [0.717, 1.165) is 43.0 Å². The van der Waals surface area contributed by atoms with E-state index in [1.54, 1.807) is 0 Å². The Bertz CT molecular complexity index is 468. The van der Waals surface area contributed by atoms with E-state index in [-0.39, 0.29) is 5.24 Å². The minimum atomic E-state index is 0.225. The number of ether oxygens (including phenoxy) is 1. The molecule has 0 N–H and O–H groups in total. The van der Waals surface area contributed by atoms with Crippen LogP contribution in [0, 0.1) is 6.92 Å². The third kappa shape index (κ3) is 4.95. The summed E-state index contributed by atoms with van der Waals surface area (Å²) in [4.78, 5) is 14.3. The highest BCUT2D eigenvalue weighted by molar-refractivity contribution is 8.12. The highest BCUT2D eigenvalue weighted by atomic mass is 32.2. The van der Waals surface area contributed by atoms with Crippen LogP contribution in [0.25, 0.3) is 0 Å². The predicted molar refractivity (Wildman–Crippen MR) is 89.1 cm³/mol. The van der Waals surface area contributed by atoms with Crippen molar-refractivity contribution < 1.29 is 9.53 Å². The van der Waals surface area contributed by atoms with Crippen molar-refractivity contribution in [3.63, 3.8) is 0 Å². The summed E-state index contributed by atoms with van der Waals surface area (Å²) in [7, 11) is 0. The van der Waals surface area contributed by atoms with Crippen molar-refractivity contribution in [2.45, 2.75) is 45.3 Å². The van der Waals surface area contributed by atoms with Crippen LogP contribution in [0.15, 0.2) is 18.2 Å². The van der Waals surface area contributed by atoms with Crippen LogP contribution < -0.4 is 4.74 Å². The van der Waals surface area contributed by atoms with Gasteiger partial charge < -0.3 is 9.64 Å². The first-order valence-electron chi connectivity index (χ1n) is 7.84. The van der Waals surface area contributed by atoms with Gasteiger partial charge in [-0.15, -0.1) is 0 Å². The second-order valence-corrected chi connectivity index (χ2v) is 6.42. The molecule has 0 aromatic heterocycles. The SMILES string of the molecule is CCOc1ccc(CSC(=O)N2CCCCCC2)cc1C. The van der Waals surface area contributed by atoms with Gasteiger partial charge in [0.1, 0.15) is 5.75 Å². The quantitative estimate of drug-likeness (QED) is 0.812. The van der Waals surface area contributed by atoms with Crippen LogP contribution in [-0.2, 0) is 5.75 Å². The van der Waals surface area contributed by atoms with Gasteiger partial charge in [0.05, 0.1) is 6.61 Å². The first-order chi connectivity index (χ1) is 10.2. The molecule has 0 unspecified atom stereocenters. The third-order valence-corrected chi connectivity index (χ3v) is 4.75. The molecule has 3 nitrogen and oxygen atoms in total. The fraction of sp³-hybridized carbons (Fsp3) is 0.588. The molecule has 1 saturated heterocycles. The molecule has 0 aliphatic carbocycles. The molecule has 2 rings (SSSR count). The van der Waals surface area contributed by atoms with E-state index in [1.165, 1.54) is 30.2 Å². The summed E-state index contributed by atoms with van der Waals surface area (Å²) in [6.07, 6.45) is 4.81. The molecule has 116 valence electrons. The number of amides is 1. The number of nitrogens with zero attached hydrogens (tertiary/aromatic N) is 1. The first kappa shape index (κ1) is 16.2. The monoisotopic (exact) mass is 307 g/mol. The smallest absolute Gasteiger partial charge is 0.281 e. The summed E-state index contributed by atoms with van der Waals surface area (Å²) in [5.74, 6) is 1.67. The Kier molecular flexibility index (Phi) is 6.43. The fourth-order valence-corrected chi connectivity index (χ4v) is 3.44. The summed E-state index contributed by atoms with van der Waals surface area (Å²) in [5.41, 5.74) is 2.32. The predicted octanol–water partition coefficient (Wildman–Crippen LogP) is 4.62. The minimum Gasteiger partial charge on any atom is -0.494 e. The van der Waals surface area contributed by atoms with Crippen LogP contribution in [0.1, 0.15) is 43.7 Å². The molecule has 1 amide bonds. The fourth-order valence-electron chi connectivity index (χ4n) is 2.61. The van der Waals surface area contributed by atoms with Gasteiger partial charge in [-0.25, -0.2) is 0 Å². The highest BCUT2D eigenvalue weighted by Crippen LogP contribution is 2.24. The van der Waals surface area contributed by atoms with Crippen molar-refractivity contribution in [3.8, 4) is 5.75 Å². The molecule has 1 fully saturated rings. The molecule has 0 saturated carbocycles. The maximum Gasteiger partial charge on any atom is 0.281 e. The number of likely N-dealkylation sites (tertiary alicyclic amines) is 1. The molecule has 21 heavy (non-hydrogen) atoms. The zero-order valence-electron chi connectivity index (χ0n) is 13.1. The topological polar surface area (TPSA) is 29.5 Å². The summed E-state index contributed by atoms with van der Waals surface area (Å²) in [5, 5.41) is 0.225. The van der Waals surface area contributed by atoms with Gasteiger partial charge in [0.2, 0.25) is 0 Å². The molecule has 0 bridgehead atoms. The Morgan fingerprint density at radius 1 is 1.24 bits per heavy atom. The summed E-state index contributed by atoms with van der Waals surface area (Å²) < 4.78 is 5.54. The van der Waals surface area contributed by atoms with Crippen molar-refractivity contribution >= 4 is 17.0 Å². The molecule has 1 aromatic rings. The van der Waals surface area contributed by atoms with Crippen molar-refractivity contribution in [2.24, 2.45) is 0 Å². The Morgan fingerprint density at radius 3 is 2.57 bits per heavy atom. The molecule has 0 radical (unpaired) electrons. The number of aryl methyl sites for hydroxylation is 1. The van der Waals surface area contributed by atoms with Crippen LogP contribution in [0.5, 0.6) is 5.75 Å². The first-order valence-corrected chi connectivity index (χ1v) is 8.83. The molecular weight excluding hydrogens is 282 g/mol. The molecule has 0 spiro atoms. The Labute approximate surface area is 132 Å². The third-order valence-electron chi connectivity index (χ3n) is 3.77. The van der Waals surface area contributed by atoms with Crippen molar-refractivity contribution in [1.82, 2.24) is 4.90 Å². The molecule has 1 aromatic carbocycles. The van der Waals surface area contributed by atoms with Crippen molar-refractivity contribution in [1.29, 1.82) is 0 Å². The highest BCUT2D eigenvalue weighted by Gasteiger charge is 2.16. The molecular formula is C17H25NO2S. The van der Waals surface area contributed by atoms with Crippen LogP contribution in [-0.4, -0.2) is 29.8 Å². The van der Waals surface area contributed by atoms with Gasteiger partial charge in [0.25, 0.3) is 5.24 Å². The van der Waals surface area contributed by atoms with Crippen molar-refractivity contribution in [2.75, 3.05) is 19.7 Å². The summed E-state index contributed by atoms with van der Waals surface area (Å²) in [6, 6.07) is 6.18. The lowest BCUT2D eigenvalue weighted by molar-refractivity contribution is 0.225. The van der Waals surface area contributed by atoms with Crippen molar-refractivity contribution in [3.05, 3.63) is 29.3 Å². The standard InChI is InChI=1S/C17H25NO2S/c1-3-20-16-9-8-15(12-14(16)2)13-21-17(19)18-10-6-4-5-7-11-18/h8-9,12H,3-7,10-11,13H2,1-2H3. The van der Waals surface area contributed by atoms with Crippen LogP contribution in [0.4, 0.5) is 4.79 Å². The molecule has 1 aliphatic rings. The Morgan fingerprint density at radius 2 is 1.95 bits per heavy atom. The Balaban J connectivity index is 1.87. The van der Waals surface area contributed by atoms with Gasteiger partial charge in [-0.2, -0.15) is 0 Å².